The lowest BCUT2D eigenvalue weighted by molar-refractivity contribution is -0.142. The summed E-state index contributed by atoms with van der Waals surface area (Å²) in [7, 11) is -5.18. The van der Waals surface area contributed by atoms with Crippen LogP contribution in [0.15, 0.2) is 109 Å². The van der Waals surface area contributed by atoms with E-state index in [1.807, 2.05) is 6.26 Å². The van der Waals surface area contributed by atoms with Crippen molar-refractivity contribution in [3.05, 3.63) is 131 Å². The topological polar surface area (TPSA) is 423 Å². The number of carboxylic acids is 2. The van der Waals surface area contributed by atoms with Crippen LogP contribution in [0.5, 0.6) is 11.5 Å². The molecule has 0 aliphatic carbocycles. The number of halogens is 1. The Hall–Kier alpha value is -8.32. The third-order valence-corrected chi connectivity index (χ3v) is 13.4. The van der Waals surface area contributed by atoms with Crippen LogP contribution in [0.4, 0.5) is 3.89 Å². The van der Waals surface area contributed by atoms with Crippen molar-refractivity contribution >= 4 is 93.2 Å². The van der Waals surface area contributed by atoms with E-state index in [1.165, 1.54) is 59.9 Å². The smallest absolute Gasteiger partial charge is 0.488 e. The van der Waals surface area contributed by atoms with Gasteiger partial charge in [0.05, 0.1) is 38.3 Å². The number of thioether (sulfide) groups is 2. The zero-order valence-corrected chi connectivity index (χ0v) is 48.2. The highest BCUT2D eigenvalue weighted by atomic mass is 32.3. The Morgan fingerprint density at radius 1 is 0.476 bits per heavy atom. The third kappa shape index (κ3) is 28.6. The number of carbonyl (C=O) groups is 10. The van der Waals surface area contributed by atoms with Crippen molar-refractivity contribution in [2.24, 2.45) is 11.5 Å². The van der Waals surface area contributed by atoms with Gasteiger partial charge < -0.3 is 73.5 Å². The first-order valence-corrected chi connectivity index (χ1v) is 29.8. The largest absolute Gasteiger partial charge is 0.508 e. The summed E-state index contributed by atoms with van der Waals surface area (Å²) in [6.07, 6.45) is 4.41. The van der Waals surface area contributed by atoms with E-state index in [9.17, 15) is 75.6 Å². The quantitative estimate of drug-likeness (QED) is 0.0249. The molecule has 30 heteroatoms. The number of nitrogens with one attached hydrogen (secondary N) is 8. The fourth-order valence-corrected chi connectivity index (χ4v) is 8.62. The summed E-state index contributed by atoms with van der Waals surface area (Å²) >= 11 is 2.87. The standard InChI is InChI=1S/C27H34FN5O9S2.C27H35N5O7S/c1-43-12-11-21(27(38)39)33-26(37)22(14-17-5-3-2-4-6-17)32-24(35)16-30-23(34)15-31-25(36)20(29)13-18-7-9-19(10-8-18)42-44(28,40)41;1-40-12-11-21(27(38)39)32-26(37)22(14-17-5-3-2-4-6-17)31-24(35)16-29-23(34)15-30-25(36)20(28)13-18-7-9-19(33)10-8-18/h2-10,20-22H,11-16,29H2,1H3,(H,30,34)(H,31,36)(H,32,35)(H,33,37)(H,38,39);2-10,20-22,33H,11-16,28H2,1H3,(H,29,34)(H,30,36)(H,31,35)(H,32,37)(H,38,39)/t2*20-,21-,22-/m00/s1. The number of benzene rings is 4. The fourth-order valence-electron chi connectivity index (χ4n) is 7.34. The minimum Gasteiger partial charge on any atom is -0.508 e. The van der Waals surface area contributed by atoms with Crippen molar-refractivity contribution in [2.75, 3.05) is 50.2 Å². The number of hydrogen-bond donors (Lipinski definition) is 13. The number of phenols is 1. The van der Waals surface area contributed by atoms with Gasteiger partial charge in [0.25, 0.3) is 0 Å². The van der Waals surface area contributed by atoms with Gasteiger partial charge in [0, 0.05) is 12.8 Å². The molecule has 0 saturated carbocycles. The normalized spacial score (nSPS) is 13.0. The second kappa shape index (κ2) is 37.0. The van der Waals surface area contributed by atoms with Crippen molar-refractivity contribution in [3.8, 4) is 11.5 Å². The molecule has 0 aliphatic heterocycles. The van der Waals surface area contributed by atoms with Gasteiger partial charge in [-0.2, -0.15) is 31.9 Å². The molecule has 4 rings (SSSR count). The van der Waals surface area contributed by atoms with Crippen LogP contribution in [0.1, 0.15) is 35.1 Å². The van der Waals surface area contributed by atoms with Gasteiger partial charge in [-0.3, -0.25) is 38.4 Å². The molecule has 456 valence electrons. The van der Waals surface area contributed by atoms with Gasteiger partial charge in [-0.25, -0.2) is 9.59 Å². The number of hydrogen-bond acceptors (Lipinski definition) is 18. The van der Waals surface area contributed by atoms with E-state index in [2.05, 4.69) is 46.7 Å². The summed E-state index contributed by atoms with van der Waals surface area (Å²) < 4.78 is 37.8. The van der Waals surface area contributed by atoms with Crippen molar-refractivity contribution in [1.29, 1.82) is 0 Å². The predicted molar refractivity (Wildman–Crippen MR) is 310 cm³/mol. The number of carboxylic acid groups (broad SMARTS) is 2. The Morgan fingerprint density at radius 2 is 0.821 bits per heavy atom. The second-order valence-electron chi connectivity index (χ2n) is 18.4. The molecular formula is C54H69FN10O16S3. The van der Waals surface area contributed by atoms with E-state index in [0.29, 0.717) is 22.6 Å². The van der Waals surface area contributed by atoms with Crippen molar-refractivity contribution in [1.82, 2.24) is 42.5 Å². The first-order valence-electron chi connectivity index (χ1n) is 25.7. The minimum absolute atomic E-state index is 0.00337. The highest BCUT2D eigenvalue weighted by molar-refractivity contribution is 7.98. The Balaban J connectivity index is 0.000000442. The van der Waals surface area contributed by atoms with Crippen molar-refractivity contribution < 1.29 is 79.8 Å². The lowest BCUT2D eigenvalue weighted by Crippen LogP contribution is -2.54. The van der Waals surface area contributed by atoms with E-state index < -0.39 is 132 Å². The lowest BCUT2D eigenvalue weighted by Gasteiger charge is -2.22. The molecule has 0 heterocycles. The molecule has 0 radical (unpaired) electrons. The molecule has 0 bridgehead atoms. The highest BCUT2D eigenvalue weighted by Crippen LogP contribution is 2.16. The van der Waals surface area contributed by atoms with Gasteiger partial charge in [-0.1, -0.05) is 88.8 Å². The predicted octanol–water partition coefficient (Wildman–Crippen LogP) is -1.02. The molecule has 0 fully saturated rings. The summed E-state index contributed by atoms with van der Waals surface area (Å²) in [6.45, 7) is -1.93. The Labute approximate surface area is 492 Å². The van der Waals surface area contributed by atoms with Crippen LogP contribution >= 0.6 is 23.5 Å². The molecule has 4 aromatic carbocycles. The molecule has 0 unspecified atom stereocenters. The minimum atomic E-state index is -5.18. The highest BCUT2D eigenvalue weighted by Gasteiger charge is 2.29. The molecule has 0 aromatic heterocycles. The lowest BCUT2D eigenvalue weighted by atomic mass is 10.0. The molecule has 84 heavy (non-hydrogen) atoms. The molecule has 15 N–H and O–H groups in total. The zero-order chi connectivity index (χ0) is 62.2. The first-order chi connectivity index (χ1) is 39.8. The van der Waals surface area contributed by atoms with Gasteiger partial charge >= 0.3 is 22.4 Å². The van der Waals surface area contributed by atoms with Gasteiger partial charge in [-0.05, 0) is 96.2 Å². The first kappa shape index (κ1) is 69.9. The Bertz CT molecular complexity index is 2940. The number of carbonyl (C=O) groups excluding carboxylic acids is 8. The van der Waals surface area contributed by atoms with E-state index in [4.69, 9.17) is 11.5 Å². The zero-order valence-electron chi connectivity index (χ0n) is 45.7. The molecule has 0 saturated heterocycles. The van der Waals surface area contributed by atoms with Crippen LogP contribution in [0.3, 0.4) is 0 Å². The van der Waals surface area contributed by atoms with Crippen LogP contribution in [0, 0.1) is 0 Å². The van der Waals surface area contributed by atoms with Crippen LogP contribution in [-0.2, 0) is 84.1 Å². The summed E-state index contributed by atoms with van der Waals surface area (Å²) in [5.41, 5.74) is 14.4. The number of phenolic OH excluding ortho intramolecular Hbond substituents is 1. The fraction of sp³-hybridized carbons (Fsp3) is 0.370. The number of nitrogens with two attached hydrogens (primary N) is 2. The monoisotopic (exact) mass is 1230 g/mol. The average molecular weight is 1230 g/mol. The molecular weight excluding hydrogens is 1160 g/mol. The number of rotatable bonds is 34. The van der Waals surface area contributed by atoms with Gasteiger partial charge in [0.2, 0.25) is 47.3 Å². The molecule has 26 nitrogen and oxygen atoms in total. The van der Waals surface area contributed by atoms with Crippen molar-refractivity contribution in [3.63, 3.8) is 0 Å². The average Bonchev–Trinajstić information content (AvgIpc) is 3.48. The Kier molecular flexibility index (Phi) is 30.8. The van der Waals surface area contributed by atoms with Gasteiger partial charge in [0.15, 0.2) is 0 Å². The second-order valence-corrected chi connectivity index (χ2v) is 21.3. The summed E-state index contributed by atoms with van der Waals surface area (Å²) in [4.78, 5) is 123. The third-order valence-electron chi connectivity index (χ3n) is 11.7. The van der Waals surface area contributed by atoms with E-state index in [1.54, 1.807) is 79.1 Å². The maximum atomic E-state index is 13.0. The maximum absolute atomic E-state index is 13.0. The van der Waals surface area contributed by atoms with E-state index in [0.717, 1.165) is 11.1 Å². The molecule has 8 amide bonds. The van der Waals surface area contributed by atoms with Crippen LogP contribution in [0.2, 0.25) is 0 Å². The number of aromatic hydroxyl groups is 1. The van der Waals surface area contributed by atoms with Crippen molar-refractivity contribution in [2.45, 2.75) is 74.8 Å². The summed E-state index contributed by atoms with van der Waals surface area (Å²) in [5.74, 6) is -6.91. The SMILES string of the molecule is CSCC[C@H](NC(=O)[C@H](Cc1ccccc1)NC(=O)CNC(=O)CNC(=O)[C@@H](N)Cc1ccc(O)cc1)C(=O)O.CSCC[C@H](NC(=O)[C@H](Cc1ccccc1)NC(=O)CNC(=O)CNC(=O)[C@@H](N)Cc1ccc(OS(=O)(=O)F)cc1)C(=O)O. The molecule has 6 atom stereocenters. The van der Waals surface area contributed by atoms with Crippen LogP contribution < -0.4 is 58.2 Å². The number of amides is 8. The molecule has 0 aliphatic rings. The number of aliphatic carboxylic acids is 2. The maximum Gasteiger partial charge on any atom is 0.488 e. The molecule has 0 spiro atoms. The van der Waals surface area contributed by atoms with Gasteiger partial charge in [0.1, 0.15) is 35.7 Å². The van der Waals surface area contributed by atoms with E-state index in [-0.39, 0.29) is 50.0 Å². The van der Waals surface area contributed by atoms with Gasteiger partial charge in [-0.15, -0.1) is 0 Å². The van der Waals surface area contributed by atoms with E-state index >= 15 is 0 Å². The van der Waals surface area contributed by atoms with Crippen LogP contribution in [0.25, 0.3) is 0 Å². The van der Waals surface area contributed by atoms with Crippen LogP contribution in [-0.4, -0.2) is 169 Å². The summed E-state index contributed by atoms with van der Waals surface area (Å²) in [5, 5.41) is 47.6. The molecule has 4 aromatic rings. The summed E-state index contributed by atoms with van der Waals surface area (Å²) in [6, 6.07) is 22.5. The Morgan fingerprint density at radius 3 is 1.17 bits per heavy atom.